The maximum absolute atomic E-state index is 9.46. The zero-order valence-corrected chi connectivity index (χ0v) is 7.03. The van der Waals surface area contributed by atoms with Crippen LogP contribution in [0.2, 0.25) is 0 Å². The molecule has 0 spiro atoms. The summed E-state index contributed by atoms with van der Waals surface area (Å²) >= 11 is 0. The van der Waals surface area contributed by atoms with E-state index in [4.69, 9.17) is 5.11 Å². The van der Waals surface area contributed by atoms with Crippen LogP contribution >= 0.6 is 0 Å². The number of hydrogen-bond acceptors (Lipinski definition) is 3. The fourth-order valence-electron chi connectivity index (χ4n) is 1.76. The van der Waals surface area contributed by atoms with Crippen LogP contribution in [-0.2, 0) is 0 Å². The van der Waals surface area contributed by atoms with Crippen LogP contribution < -0.4 is 0 Å². The maximum atomic E-state index is 9.46. The van der Waals surface area contributed by atoms with Crippen LogP contribution in [0, 0.1) is 0 Å². The smallest absolute Gasteiger partial charge is 0.0695 e. The van der Waals surface area contributed by atoms with E-state index in [0.29, 0.717) is 6.54 Å². The Morgan fingerprint density at radius 1 is 1.45 bits per heavy atom. The molecule has 1 fully saturated rings. The van der Waals surface area contributed by atoms with Crippen molar-refractivity contribution >= 4 is 0 Å². The minimum Gasteiger partial charge on any atom is -0.395 e. The van der Waals surface area contributed by atoms with Crippen molar-refractivity contribution in [2.24, 2.45) is 0 Å². The molecular weight excluding hydrogens is 142 g/mol. The van der Waals surface area contributed by atoms with Gasteiger partial charge in [0.2, 0.25) is 0 Å². The fourth-order valence-corrected chi connectivity index (χ4v) is 1.76. The minimum atomic E-state index is -0.174. The number of aliphatic hydroxyl groups excluding tert-OH is 2. The molecule has 0 amide bonds. The van der Waals surface area contributed by atoms with Crippen LogP contribution in [0.1, 0.15) is 19.3 Å². The number of aliphatic hydroxyl groups is 2. The lowest BCUT2D eigenvalue weighted by Crippen LogP contribution is -2.39. The first kappa shape index (κ1) is 8.97. The van der Waals surface area contributed by atoms with Crippen LogP contribution in [0.5, 0.6) is 0 Å². The second kappa shape index (κ2) is 4.04. The van der Waals surface area contributed by atoms with Crippen molar-refractivity contribution in [1.82, 2.24) is 4.90 Å². The molecule has 0 aromatic rings. The van der Waals surface area contributed by atoms with Gasteiger partial charge >= 0.3 is 0 Å². The van der Waals surface area contributed by atoms with Crippen LogP contribution in [0.4, 0.5) is 0 Å². The predicted octanol–water partition coefficient (Wildman–Crippen LogP) is -0.176. The summed E-state index contributed by atoms with van der Waals surface area (Å²) in [4.78, 5) is 2.04. The Hall–Kier alpha value is -0.120. The van der Waals surface area contributed by atoms with Crippen LogP contribution in [0.25, 0.3) is 0 Å². The molecule has 66 valence electrons. The minimum absolute atomic E-state index is 0.174. The second-order valence-corrected chi connectivity index (χ2v) is 3.27. The average Bonchev–Trinajstić information content (AvgIpc) is 2.36. The Labute approximate surface area is 67.6 Å². The average molecular weight is 159 g/mol. The van der Waals surface area contributed by atoms with Crippen molar-refractivity contribution in [3.63, 3.8) is 0 Å². The fraction of sp³-hybridized carbons (Fsp3) is 1.00. The van der Waals surface area contributed by atoms with Crippen molar-refractivity contribution in [3.8, 4) is 0 Å². The third-order valence-electron chi connectivity index (χ3n) is 2.46. The van der Waals surface area contributed by atoms with Crippen molar-refractivity contribution in [1.29, 1.82) is 0 Å². The van der Waals surface area contributed by atoms with Gasteiger partial charge in [0.05, 0.1) is 12.7 Å². The van der Waals surface area contributed by atoms with Gasteiger partial charge in [-0.15, -0.1) is 0 Å². The summed E-state index contributed by atoms with van der Waals surface area (Å²) in [6.07, 6.45) is 2.92. The van der Waals surface area contributed by atoms with Gasteiger partial charge in [0, 0.05) is 12.6 Å². The molecule has 0 heterocycles. The lowest BCUT2D eigenvalue weighted by atomic mass is 10.2. The van der Waals surface area contributed by atoms with Crippen LogP contribution in [0.3, 0.4) is 0 Å². The van der Waals surface area contributed by atoms with Gasteiger partial charge in [-0.05, 0) is 26.3 Å². The number of likely N-dealkylation sites (N-methyl/N-ethyl adjacent to an activating group) is 1. The van der Waals surface area contributed by atoms with E-state index in [1.807, 2.05) is 11.9 Å². The van der Waals surface area contributed by atoms with Gasteiger partial charge in [0.25, 0.3) is 0 Å². The monoisotopic (exact) mass is 159 g/mol. The quantitative estimate of drug-likeness (QED) is 0.600. The summed E-state index contributed by atoms with van der Waals surface area (Å²) < 4.78 is 0. The lowest BCUT2D eigenvalue weighted by molar-refractivity contribution is 0.0757. The highest BCUT2D eigenvalue weighted by Crippen LogP contribution is 2.22. The molecule has 2 atom stereocenters. The Balaban J connectivity index is 2.33. The van der Waals surface area contributed by atoms with Gasteiger partial charge in [-0.3, -0.25) is 4.90 Å². The molecule has 1 rings (SSSR count). The van der Waals surface area contributed by atoms with Gasteiger partial charge < -0.3 is 10.2 Å². The number of hydrogen-bond donors (Lipinski definition) is 2. The Morgan fingerprint density at radius 3 is 2.64 bits per heavy atom. The van der Waals surface area contributed by atoms with Crippen LogP contribution in [-0.4, -0.2) is 47.5 Å². The van der Waals surface area contributed by atoms with Gasteiger partial charge in [0.1, 0.15) is 0 Å². The van der Waals surface area contributed by atoms with Crippen molar-refractivity contribution in [3.05, 3.63) is 0 Å². The molecule has 1 aliphatic carbocycles. The Kier molecular flexibility index (Phi) is 3.30. The largest absolute Gasteiger partial charge is 0.395 e. The van der Waals surface area contributed by atoms with E-state index in [-0.39, 0.29) is 18.8 Å². The number of rotatable bonds is 3. The molecule has 1 aliphatic rings. The Bertz CT molecular complexity index is 119. The molecule has 0 aliphatic heterocycles. The molecule has 0 radical (unpaired) electrons. The molecule has 1 saturated carbocycles. The highest BCUT2D eigenvalue weighted by molar-refractivity contribution is 4.83. The van der Waals surface area contributed by atoms with Gasteiger partial charge in [-0.25, -0.2) is 0 Å². The van der Waals surface area contributed by atoms with Gasteiger partial charge in [-0.1, -0.05) is 0 Å². The summed E-state index contributed by atoms with van der Waals surface area (Å²) in [6, 6.07) is 0.280. The summed E-state index contributed by atoms with van der Waals surface area (Å²) in [7, 11) is 1.95. The first-order chi connectivity index (χ1) is 5.25. The van der Waals surface area contributed by atoms with Crippen molar-refractivity contribution in [2.45, 2.75) is 31.4 Å². The molecule has 0 bridgehead atoms. The highest BCUT2D eigenvalue weighted by Gasteiger charge is 2.27. The molecule has 0 aromatic carbocycles. The summed E-state index contributed by atoms with van der Waals surface area (Å²) in [5.41, 5.74) is 0. The first-order valence-corrected chi connectivity index (χ1v) is 4.25. The molecule has 2 unspecified atom stereocenters. The zero-order valence-electron chi connectivity index (χ0n) is 7.03. The molecule has 11 heavy (non-hydrogen) atoms. The highest BCUT2D eigenvalue weighted by atomic mass is 16.3. The second-order valence-electron chi connectivity index (χ2n) is 3.27. The van der Waals surface area contributed by atoms with E-state index in [1.54, 1.807) is 0 Å². The van der Waals surface area contributed by atoms with E-state index in [2.05, 4.69) is 0 Å². The standard InChI is InChI=1S/C8H17NO2/c1-9(5-6-10)7-3-2-4-8(7)11/h7-8,10-11H,2-6H2,1H3. The lowest BCUT2D eigenvalue weighted by Gasteiger charge is -2.25. The van der Waals surface area contributed by atoms with Crippen LogP contribution in [0.15, 0.2) is 0 Å². The molecule has 3 heteroatoms. The first-order valence-electron chi connectivity index (χ1n) is 4.25. The van der Waals surface area contributed by atoms with Gasteiger partial charge in [-0.2, -0.15) is 0 Å². The molecule has 3 nitrogen and oxygen atoms in total. The summed E-state index contributed by atoms with van der Waals surface area (Å²) in [5, 5.41) is 18.1. The normalized spacial score (nSPS) is 31.6. The zero-order chi connectivity index (χ0) is 8.27. The summed E-state index contributed by atoms with van der Waals surface area (Å²) in [6.45, 7) is 0.849. The number of nitrogens with zero attached hydrogens (tertiary/aromatic N) is 1. The third kappa shape index (κ3) is 2.15. The van der Waals surface area contributed by atoms with E-state index in [0.717, 1.165) is 19.3 Å². The molecular formula is C8H17NO2. The molecule has 2 N–H and O–H groups in total. The molecule has 0 aromatic heterocycles. The van der Waals surface area contributed by atoms with Crippen molar-refractivity contribution < 1.29 is 10.2 Å². The summed E-state index contributed by atoms with van der Waals surface area (Å²) in [5.74, 6) is 0. The van der Waals surface area contributed by atoms with E-state index < -0.39 is 0 Å². The molecule has 0 saturated heterocycles. The van der Waals surface area contributed by atoms with E-state index in [9.17, 15) is 5.11 Å². The van der Waals surface area contributed by atoms with E-state index in [1.165, 1.54) is 0 Å². The van der Waals surface area contributed by atoms with E-state index >= 15 is 0 Å². The SMILES string of the molecule is CN(CCO)C1CCCC1O. The predicted molar refractivity (Wildman–Crippen MR) is 43.4 cm³/mol. The van der Waals surface area contributed by atoms with Gasteiger partial charge in [0.15, 0.2) is 0 Å². The van der Waals surface area contributed by atoms with Crippen molar-refractivity contribution in [2.75, 3.05) is 20.2 Å². The maximum Gasteiger partial charge on any atom is 0.0695 e. The topological polar surface area (TPSA) is 43.7 Å². The third-order valence-corrected chi connectivity index (χ3v) is 2.46. The Morgan fingerprint density at radius 2 is 2.18 bits per heavy atom.